The topological polar surface area (TPSA) is 125 Å². The number of carboxylic acids is 1. The van der Waals surface area contributed by atoms with Gasteiger partial charge in [-0.05, 0) is 71.1 Å². The Balaban J connectivity index is 1.87. The maximum atomic E-state index is 13.8. The van der Waals surface area contributed by atoms with Crippen LogP contribution in [0.2, 0.25) is 0 Å². The molecular weight excluding hydrogens is 462 g/mol. The molecule has 3 N–H and O–H groups in total. The smallest absolute Gasteiger partial charge is 0.408 e. The standard InChI is InChI=1S/C27H43N3O6/c1-17(2)13-18-14-21-22(31)29-27(24(33)34)15-19(27)11-9-7-6-8-10-12-20(23(32)30(21)16-18)28-25(35)36-26(3,4)5/h9,11,17-21H,6-8,10,12-16H2,1-5H3,(H,28,35)(H,29,31)(H,33,34)/b11-9-/t18-,19-,20+,21+,27-/m1/s1. The number of hydrogen-bond donors (Lipinski definition) is 3. The van der Waals surface area contributed by atoms with Gasteiger partial charge >= 0.3 is 12.1 Å². The van der Waals surface area contributed by atoms with Crippen molar-refractivity contribution in [2.75, 3.05) is 6.54 Å². The fourth-order valence-electron chi connectivity index (χ4n) is 5.47. The molecule has 0 bridgehead atoms. The zero-order valence-corrected chi connectivity index (χ0v) is 22.3. The normalized spacial score (nSPS) is 32.4. The lowest BCUT2D eigenvalue weighted by molar-refractivity contribution is -0.145. The number of carbonyl (C=O) groups is 4. The van der Waals surface area contributed by atoms with E-state index in [1.54, 1.807) is 25.7 Å². The molecule has 3 rings (SSSR count). The molecule has 1 aliphatic carbocycles. The molecule has 1 saturated heterocycles. The Bertz CT molecular complexity index is 879. The van der Waals surface area contributed by atoms with Gasteiger partial charge in [-0.1, -0.05) is 38.8 Å². The highest BCUT2D eigenvalue weighted by molar-refractivity contribution is 5.96. The van der Waals surface area contributed by atoms with Crippen molar-refractivity contribution in [1.29, 1.82) is 0 Å². The molecule has 5 atom stereocenters. The van der Waals surface area contributed by atoms with Gasteiger partial charge in [0.2, 0.25) is 11.8 Å². The molecule has 9 heteroatoms. The number of allylic oxidation sites excluding steroid dienone is 1. The lowest BCUT2D eigenvalue weighted by Crippen LogP contribution is -2.56. The Morgan fingerprint density at radius 1 is 1.25 bits per heavy atom. The van der Waals surface area contributed by atoms with E-state index in [4.69, 9.17) is 4.74 Å². The van der Waals surface area contributed by atoms with Gasteiger partial charge in [-0.25, -0.2) is 9.59 Å². The summed E-state index contributed by atoms with van der Waals surface area (Å²) in [4.78, 5) is 53.5. The second-order valence-electron chi connectivity index (χ2n) is 12.1. The minimum Gasteiger partial charge on any atom is -0.479 e. The summed E-state index contributed by atoms with van der Waals surface area (Å²) >= 11 is 0. The number of nitrogens with one attached hydrogen (secondary N) is 2. The fraction of sp³-hybridized carbons (Fsp3) is 0.778. The van der Waals surface area contributed by atoms with Crippen LogP contribution in [0.4, 0.5) is 4.79 Å². The Labute approximate surface area is 214 Å². The van der Waals surface area contributed by atoms with Gasteiger partial charge in [-0.3, -0.25) is 9.59 Å². The minimum absolute atomic E-state index is 0.126. The van der Waals surface area contributed by atoms with Crippen LogP contribution in [-0.4, -0.2) is 63.7 Å². The third kappa shape index (κ3) is 7.01. The highest BCUT2D eigenvalue weighted by Gasteiger charge is 2.61. The van der Waals surface area contributed by atoms with Gasteiger partial charge in [0.05, 0.1) is 0 Å². The van der Waals surface area contributed by atoms with Crippen molar-refractivity contribution < 1.29 is 29.0 Å². The van der Waals surface area contributed by atoms with Gasteiger partial charge in [0.1, 0.15) is 23.2 Å². The largest absolute Gasteiger partial charge is 0.479 e. The van der Waals surface area contributed by atoms with E-state index in [1.165, 1.54) is 0 Å². The second-order valence-corrected chi connectivity index (χ2v) is 12.1. The second kappa shape index (κ2) is 11.2. The molecule has 0 spiro atoms. The first kappa shape index (κ1) is 28.0. The Morgan fingerprint density at radius 2 is 1.97 bits per heavy atom. The van der Waals surface area contributed by atoms with Crippen molar-refractivity contribution in [3.8, 4) is 0 Å². The average molecular weight is 506 g/mol. The predicted molar refractivity (Wildman–Crippen MR) is 135 cm³/mol. The van der Waals surface area contributed by atoms with Crippen LogP contribution in [0.1, 0.15) is 86.0 Å². The summed E-state index contributed by atoms with van der Waals surface area (Å²) in [6.07, 6.45) is 8.66. The Hall–Kier alpha value is -2.58. The molecule has 2 aliphatic heterocycles. The first-order chi connectivity index (χ1) is 16.8. The van der Waals surface area contributed by atoms with E-state index >= 15 is 0 Å². The number of fused-ring (bicyclic) bond motifs is 2. The van der Waals surface area contributed by atoms with Gasteiger partial charge in [0.15, 0.2) is 0 Å². The number of nitrogens with zero attached hydrogens (tertiary/aromatic N) is 1. The van der Waals surface area contributed by atoms with Crippen molar-refractivity contribution in [1.82, 2.24) is 15.5 Å². The first-order valence-corrected chi connectivity index (χ1v) is 13.3. The maximum absolute atomic E-state index is 13.8. The van der Waals surface area contributed by atoms with Gasteiger partial charge in [0.25, 0.3) is 0 Å². The van der Waals surface area contributed by atoms with Crippen LogP contribution in [0.25, 0.3) is 0 Å². The summed E-state index contributed by atoms with van der Waals surface area (Å²) < 4.78 is 5.41. The molecular formula is C27H43N3O6. The molecule has 3 amide bonds. The summed E-state index contributed by atoms with van der Waals surface area (Å²) in [6, 6.07) is -1.58. The SMILES string of the molecule is CC(C)C[C@@H]1C[C@H]2C(=O)N[C@]3(C(=O)O)C[C@H]3/C=C\CCCCC[C@H](NC(=O)OC(C)(C)C)C(=O)N2C1. The number of carbonyl (C=O) groups excluding carboxylic acids is 3. The summed E-state index contributed by atoms with van der Waals surface area (Å²) in [5.41, 5.74) is -2.02. The number of rotatable bonds is 4. The number of aliphatic carboxylic acids is 1. The van der Waals surface area contributed by atoms with Gasteiger partial charge in [-0.15, -0.1) is 0 Å². The highest BCUT2D eigenvalue weighted by atomic mass is 16.6. The Kier molecular flexibility index (Phi) is 8.72. The summed E-state index contributed by atoms with van der Waals surface area (Å²) in [7, 11) is 0. The minimum atomic E-state index is -1.31. The van der Waals surface area contributed by atoms with Crippen molar-refractivity contribution in [3.05, 3.63) is 12.2 Å². The van der Waals surface area contributed by atoms with E-state index in [1.807, 2.05) is 12.2 Å². The molecule has 3 aliphatic rings. The molecule has 0 aromatic rings. The van der Waals surface area contributed by atoms with Gasteiger partial charge < -0.3 is 25.4 Å². The third-order valence-corrected chi connectivity index (χ3v) is 7.24. The predicted octanol–water partition coefficient (Wildman–Crippen LogP) is 3.62. The van der Waals surface area contributed by atoms with Crippen LogP contribution < -0.4 is 10.6 Å². The van der Waals surface area contributed by atoms with Gasteiger partial charge in [0, 0.05) is 12.5 Å². The first-order valence-electron chi connectivity index (χ1n) is 13.3. The van der Waals surface area contributed by atoms with E-state index in [0.717, 1.165) is 32.1 Å². The summed E-state index contributed by atoms with van der Waals surface area (Å²) in [5, 5.41) is 15.5. The molecule has 202 valence electrons. The van der Waals surface area contributed by atoms with Crippen LogP contribution in [0.15, 0.2) is 12.2 Å². The molecule has 2 fully saturated rings. The lowest BCUT2D eigenvalue weighted by atomic mass is 9.94. The number of amides is 3. The van der Waals surface area contributed by atoms with Crippen molar-refractivity contribution in [2.24, 2.45) is 17.8 Å². The van der Waals surface area contributed by atoms with Crippen LogP contribution in [0.3, 0.4) is 0 Å². The molecule has 0 unspecified atom stereocenters. The van der Waals surface area contributed by atoms with Crippen LogP contribution >= 0.6 is 0 Å². The average Bonchev–Trinajstić information content (AvgIpc) is 3.28. The van der Waals surface area contributed by atoms with E-state index in [-0.39, 0.29) is 17.7 Å². The number of carboxylic acid groups (broad SMARTS) is 1. The van der Waals surface area contributed by atoms with Crippen molar-refractivity contribution >= 4 is 23.9 Å². The maximum Gasteiger partial charge on any atom is 0.408 e. The fourth-order valence-corrected chi connectivity index (χ4v) is 5.47. The lowest BCUT2D eigenvalue weighted by Gasteiger charge is -2.30. The number of hydrogen-bond acceptors (Lipinski definition) is 5. The summed E-state index contributed by atoms with van der Waals surface area (Å²) in [5.74, 6) is -1.51. The molecule has 0 aromatic heterocycles. The third-order valence-electron chi connectivity index (χ3n) is 7.24. The van der Waals surface area contributed by atoms with Crippen LogP contribution in [0.5, 0.6) is 0 Å². The van der Waals surface area contributed by atoms with Crippen LogP contribution in [0, 0.1) is 17.8 Å². The molecule has 1 saturated carbocycles. The highest BCUT2D eigenvalue weighted by Crippen LogP contribution is 2.45. The van der Waals surface area contributed by atoms with E-state index in [0.29, 0.717) is 31.7 Å². The summed E-state index contributed by atoms with van der Waals surface area (Å²) in [6.45, 7) is 9.90. The van der Waals surface area contributed by atoms with Crippen molar-refractivity contribution in [2.45, 2.75) is 109 Å². The zero-order valence-electron chi connectivity index (χ0n) is 22.3. The monoisotopic (exact) mass is 505 g/mol. The van der Waals surface area contributed by atoms with E-state index in [9.17, 15) is 24.3 Å². The molecule has 0 aromatic carbocycles. The van der Waals surface area contributed by atoms with Crippen molar-refractivity contribution in [3.63, 3.8) is 0 Å². The molecule has 0 radical (unpaired) electrons. The molecule has 2 heterocycles. The molecule has 9 nitrogen and oxygen atoms in total. The van der Waals surface area contributed by atoms with E-state index < -0.39 is 41.2 Å². The number of alkyl carbamates (subject to hydrolysis) is 1. The number of ether oxygens (including phenoxy) is 1. The van der Waals surface area contributed by atoms with E-state index in [2.05, 4.69) is 24.5 Å². The van der Waals surface area contributed by atoms with Crippen LogP contribution in [-0.2, 0) is 19.1 Å². The Morgan fingerprint density at radius 3 is 2.61 bits per heavy atom. The molecule has 36 heavy (non-hydrogen) atoms. The quantitative estimate of drug-likeness (QED) is 0.501. The van der Waals surface area contributed by atoms with Gasteiger partial charge in [-0.2, -0.15) is 0 Å². The zero-order chi connectivity index (χ0) is 26.7.